The molecule has 10 heteroatoms. The SMILES string of the molecule is CC(=O)NC(Cc1c[nH]c2ccc(O)cc12)C(=O)NC(Cc1c[nH]c2ccc(O)cc12)C(=O)O. The van der Waals surface area contributed by atoms with E-state index in [9.17, 15) is 29.7 Å². The number of phenolic OH excluding ortho intramolecular Hbond substituents is 2. The second-order valence-electron chi connectivity index (χ2n) is 8.15. The Balaban J connectivity index is 1.56. The average molecular weight is 464 g/mol. The van der Waals surface area contributed by atoms with Crippen molar-refractivity contribution in [1.82, 2.24) is 20.6 Å². The van der Waals surface area contributed by atoms with Crippen LogP contribution in [0.25, 0.3) is 21.8 Å². The van der Waals surface area contributed by atoms with Gasteiger partial charge < -0.3 is 35.9 Å². The lowest BCUT2D eigenvalue weighted by molar-refractivity contribution is -0.142. The van der Waals surface area contributed by atoms with Crippen molar-refractivity contribution in [2.75, 3.05) is 0 Å². The van der Waals surface area contributed by atoms with E-state index in [0.29, 0.717) is 21.9 Å². The van der Waals surface area contributed by atoms with Crippen LogP contribution in [-0.4, -0.2) is 55.2 Å². The van der Waals surface area contributed by atoms with Crippen LogP contribution >= 0.6 is 0 Å². The molecule has 0 aliphatic rings. The Hall–Kier alpha value is -4.47. The predicted octanol–water partition coefficient (Wildman–Crippen LogP) is 1.92. The van der Waals surface area contributed by atoms with E-state index in [4.69, 9.17) is 0 Å². The minimum atomic E-state index is -1.27. The highest BCUT2D eigenvalue weighted by molar-refractivity contribution is 5.92. The number of aromatic hydroxyl groups is 2. The Bertz CT molecular complexity index is 1390. The number of hydrogen-bond acceptors (Lipinski definition) is 5. The summed E-state index contributed by atoms with van der Waals surface area (Å²) in [6.07, 6.45) is 3.37. The van der Waals surface area contributed by atoms with Crippen LogP contribution in [0.4, 0.5) is 0 Å². The number of nitrogens with one attached hydrogen (secondary N) is 4. The fourth-order valence-corrected chi connectivity index (χ4v) is 4.04. The van der Waals surface area contributed by atoms with Gasteiger partial charge in [0, 0.05) is 54.0 Å². The number of rotatable bonds is 8. The van der Waals surface area contributed by atoms with E-state index in [1.165, 1.54) is 25.1 Å². The summed E-state index contributed by atoms with van der Waals surface area (Å²) in [4.78, 5) is 42.9. The summed E-state index contributed by atoms with van der Waals surface area (Å²) in [5, 5.41) is 35.8. The highest BCUT2D eigenvalue weighted by Crippen LogP contribution is 2.25. The van der Waals surface area contributed by atoms with Crippen molar-refractivity contribution in [2.45, 2.75) is 31.8 Å². The number of aliphatic carboxylic acids is 1. The maximum Gasteiger partial charge on any atom is 0.326 e. The molecule has 4 aromatic rings. The highest BCUT2D eigenvalue weighted by Gasteiger charge is 2.28. The number of benzene rings is 2. The van der Waals surface area contributed by atoms with Crippen LogP contribution in [0.1, 0.15) is 18.1 Å². The minimum Gasteiger partial charge on any atom is -0.508 e. The van der Waals surface area contributed by atoms with Crippen LogP contribution in [0, 0.1) is 0 Å². The molecule has 0 aliphatic heterocycles. The van der Waals surface area contributed by atoms with Gasteiger partial charge in [-0.15, -0.1) is 0 Å². The van der Waals surface area contributed by atoms with Crippen molar-refractivity contribution in [3.63, 3.8) is 0 Å². The molecule has 2 heterocycles. The molecule has 7 N–H and O–H groups in total. The van der Waals surface area contributed by atoms with Gasteiger partial charge in [-0.1, -0.05) is 0 Å². The van der Waals surface area contributed by atoms with Crippen LogP contribution in [0.2, 0.25) is 0 Å². The molecule has 0 fully saturated rings. The monoisotopic (exact) mass is 464 g/mol. The van der Waals surface area contributed by atoms with E-state index in [-0.39, 0.29) is 24.3 Å². The molecular formula is C24H24N4O6. The van der Waals surface area contributed by atoms with Crippen LogP contribution in [0.3, 0.4) is 0 Å². The summed E-state index contributed by atoms with van der Waals surface area (Å²) >= 11 is 0. The number of carbonyl (C=O) groups is 3. The summed E-state index contributed by atoms with van der Waals surface area (Å²) in [6.45, 7) is 1.27. The summed E-state index contributed by atoms with van der Waals surface area (Å²) in [5.74, 6) is -2.23. The molecule has 2 unspecified atom stereocenters. The number of hydrogen-bond donors (Lipinski definition) is 7. The standard InChI is InChI=1S/C24H24N4O6/c1-12(29)27-21(6-13-10-25-19-4-2-15(30)8-17(13)19)23(32)28-22(24(33)34)7-14-11-26-20-5-3-16(31)9-18(14)20/h2-5,8-11,21-22,25-26,30-31H,6-7H2,1H3,(H,27,29)(H,28,32)(H,33,34). The van der Waals surface area contributed by atoms with E-state index in [1.807, 2.05) is 0 Å². The molecule has 34 heavy (non-hydrogen) atoms. The first-order valence-electron chi connectivity index (χ1n) is 10.6. The van der Waals surface area contributed by atoms with Gasteiger partial charge in [-0.2, -0.15) is 0 Å². The van der Waals surface area contributed by atoms with E-state index >= 15 is 0 Å². The third kappa shape index (κ3) is 4.80. The maximum atomic E-state index is 13.1. The van der Waals surface area contributed by atoms with E-state index < -0.39 is 29.9 Å². The molecule has 0 bridgehead atoms. The Morgan fingerprint density at radius 2 is 1.32 bits per heavy atom. The molecule has 2 amide bonds. The number of phenols is 2. The van der Waals surface area contributed by atoms with E-state index in [2.05, 4.69) is 20.6 Å². The van der Waals surface area contributed by atoms with Gasteiger partial charge in [0.05, 0.1) is 0 Å². The topological polar surface area (TPSA) is 168 Å². The van der Waals surface area contributed by atoms with Crippen molar-refractivity contribution >= 4 is 39.6 Å². The molecule has 2 aromatic carbocycles. The second-order valence-corrected chi connectivity index (χ2v) is 8.15. The number of carboxylic acids is 1. The molecular weight excluding hydrogens is 440 g/mol. The Morgan fingerprint density at radius 3 is 1.79 bits per heavy atom. The Labute approximate surface area is 193 Å². The lowest BCUT2D eigenvalue weighted by Crippen LogP contribution is -2.52. The first kappa shape index (κ1) is 22.7. The predicted molar refractivity (Wildman–Crippen MR) is 125 cm³/mol. The number of fused-ring (bicyclic) bond motifs is 2. The van der Waals surface area contributed by atoms with Crippen molar-refractivity contribution in [1.29, 1.82) is 0 Å². The number of H-pyrrole nitrogens is 2. The van der Waals surface area contributed by atoms with Crippen molar-refractivity contribution in [3.05, 3.63) is 59.9 Å². The Morgan fingerprint density at radius 1 is 0.824 bits per heavy atom. The quantitative estimate of drug-likeness (QED) is 0.210. The van der Waals surface area contributed by atoms with E-state index in [1.54, 1.807) is 30.6 Å². The maximum absolute atomic E-state index is 13.1. The molecule has 2 aromatic heterocycles. The van der Waals surface area contributed by atoms with Gasteiger partial charge in [0.15, 0.2) is 0 Å². The third-order valence-electron chi connectivity index (χ3n) is 5.66. The van der Waals surface area contributed by atoms with Crippen molar-refractivity contribution in [3.8, 4) is 11.5 Å². The molecule has 4 rings (SSSR count). The molecule has 176 valence electrons. The van der Waals surface area contributed by atoms with Crippen molar-refractivity contribution in [2.24, 2.45) is 0 Å². The van der Waals surface area contributed by atoms with Crippen LogP contribution in [0.15, 0.2) is 48.8 Å². The molecule has 2 atom stereocenters. The minimum absolute atomic E-state index is 0.0295. The number of carbonyl (C=O) groups excluding carboxylic acids is 2. The number of carboxylic acid groups (broad SMARTS) is 1. The fourth-order valence-electron chi connectivity index (χ4n) is 4.04. The number of aromatic amines is 2. The third-order valence-corrected chi connectivity index (χ3v) is 5.66. The van der Waals surface area contributed by atoms with Gasteiger partial charge in [0.1, 0.15) is 23.6 Å². The summed E-state index contributed by atoms with van der Waals surface area (Å²) < 4.78 is 0. The molecule has 0 saturated heterocycles. The number of aromatic nitrogens is 2. The van der Waals surface area contributed by atoms with Gasteiger partial charge in [-0.3, -0.25) is 9.59 Å². The first-order chi connectivity index (χ1) is 16.2. The van der Waals surface area contributed by atoms with Crippen molar-refractivity contribution < 1.29 is 29.7 Å². The summed E-state index contributed by atoms with van der Waals surface area (Å²) in [6, 6.07) is 7.19. The van der Waals surface area contributed by atoms with Gasteiger partial charge in [0.2, 0.25) is 11.8 Å². The molecule has 0 aliphatic carbocycles. The summed E-state index contributed by atoms with van der Waals surface area (Å²) in [5.41, 5.74) is 2.77. The lowest BCUT2D eigenvalue weighted by Gasteiger charge is -2.21. The lowest BCUT2D eigenvalue weighted by atomic mass is 10.0. The second kappa shape index (κ2) is 9.18. The van der Waals surface area contributed by atoms with Gasteiger partial charge in [-0.25, -0.2) is 4.79 Å². The number of amides is 2. The first-order valence-corrected chi connectivity index (χ1v) is 10.6. The van der Waals surface area contributed by atoms with Gasteiger partial charge in [-0.05, 0) is 47.5 Å². The van der Waals surface area contributed by atoms with E-state index in [0.717, 1.165) is 11.0 Å². The summed E-state index contributed by atoms with van der Waals surface area (Å²) in [7, 11) is 0. The molecule has 0 spiro atoms. The zero-order valence-electron chi connectivity index (χ0n) is 18.3. The van der Waals surface area contributed by atoms with Crippen LogP contribution < -0.4 is 10.6 Å². The van der Waals surface area contributed by atoms with Gasteiger partial charge in [0.25, 0.3) is 0 Å². The average Bonchev–Trinajstić information content (AvgIpc) is 3.35. The zero-order valence-corrected chi connectivity index (χ0v) is 18.3. The Kier molecular flexibility index (Phi) is 6.13. The van der Waals surface area contributed by atoms with Gasteiger partial charge >= 0.3 is 5.97 Å². The largest absolute Gasteiger partial charge is 0.508 e. The normalized spacial score (nSPS) is 13.0. The highest BCUT2D eigenvalue weighted by atomic mass is 16.4. The fraction of sp³-hybridized carbons (Fsp3) is 0.208. The van der Waals surface area contributed by atoms with Crippen LogP contribution in [-0.2, 0) is 27.2 Å². The molecule has 0 radical (unpaired) electrons. The molecule has 10 nitrogen and oxygen atoms in total. The van der Waals surface area contributed by atoms with Crippen LogP contribution in [0.5, 0.6) is 11.5 Å². The molecule has 0 saturated carbocycles. The smallest absolute Gasteiger partial charge is 0.326 e. The zero-order chi connectivity index (χ0) is 24.4.